The Morgan fingerprint density at radius 1 is 1.21 bits per heavy atom. The Morgan fingerprint density at radius 2 is 2.06 bits per heavy atom. The van der Waals surface area contributed by atoms with Crippen molar-refractivity contribution < 1.29 is 14.3 Å². The summed E-state index contributed by atoms with van der Waals surface area (Å²) in [6.07, 6.45) is 3.24. The van der Waals surface area contributed by atoms with Crippen LogP contribution in [0.2, 0.25) is 0 Å². The molecule has 2 aliphatic rings. The summed E-state index contributed by atoms with van der Waals surface area (Å²) >= 11 is 1.53. The Morgan fingerprint density at radius 3 is 2.88 bits per heavy atom. The van der Waals surface area contributed by atoms with Gasteiger partial charge in [-0.2, -0.15) is 0 Å². The summed E-state index contributed by atoms with van der Waals surface area (Å²) in [5, 5.41) is 0.734. The Hall–Kier alpha value is -2.75. The van der Waals surface area contributed by atoms with Crippen molar-refractivity contribution in [3.63, 3.8) is 0 Å². The molecule has 0 radical (unpaired) electrons. The van der Waals surface area contributed by atoms with Crippen LogP contribution in [0, 0.1) is 0 Å². The molecule has 1 fully saturated rings. The number of thiophene rings is 1. The largest absolute Gasteiger partial charge is 0.497 e. The average Bonchev–Trinajstić information content (AvgIpc) is 3.24. The number of aryl methyl sites for hydroxylation is 1. The number of amides is 1. The molecule has 33 heavy (non-hydrogen) atoms. The maximum Gasteiger partial charge on any atom is 0.262 e. The van der Waals surface area contributed by atoms with Gasteiger partial charge in [-0.25, -0.2) is 4.98 Å². The summed E-state index contributed by atoms with van der Waals surface area (Å²) in [5.74, 6) is 0.643. The normalized spacial score (nSPS) is 16.7. The second kappa shape index (κ2) is 9.62. The van der Waals surface area contributed by atoms with Crippen molar-refractivity contribution in [2.24, 2.45) is 0 Å². The number of morpholine rings is 1. The molecule has 9 heteroatoms. The molecule has 0 spiro atoms. The zero-order chi connectivity index (χ0) is 22.8. The molecule has 5 rings (SSSR count). The van der Waals surface area contributed by atoms with Gasteiger partial charge in [0.25, 0.3) is 11.5 Å². The van der Waals surface area contributed by atoms with Crippen molar-refractivity contribution >= 4 is 27.5 Å². The van der Waals surface area contributed by atoms with E-state index in [1.807, 2.05) is 23.1 Å². The molecule has 0 atom stereocenters. The topological polar surface area (TPSA) is 76.9 Å². The highest BCUT2D eigenvalue weighted by Crippen LogP contribution is 2.33. The third-order valence-electron chi connectivity index (χ3n) is 6.41. The van der Waals surface area contributed by atoms with Gasteiger partial charge in [0.15, 0.2) is 0 Å². The minimum absolute atomic E-state index is 0.0227. The number of carbonyl (C=O) groups is 1. The predicted molar refractivity (Wildman–Crippen MR) is 127 cm³/mol. The van der Waals surface area contributed by atoms with Crippen LogP contribution in [0.1, 0.15) is 27.2 Å². The Labute approximate surface area is 196 Å². The average molecular weight is 469 g/mol. The monoisotopic (exact) mass is 468 g/mol. The van der Waals surface area contributed by atoms with Gasteiger partial charge in [0.1, 0.15) is 10.6 Å². The number of benzene rings is 1. The molecule has 2 aliphatic heterocycles. The third kappa shape index (κ3) is 4.53. The molecule has 3 aromatic rings. The summed E-state index contributed by atoms with van der Waals surface area (Å²) in [7, 11) is 1.59. The number of aromatic nitrogens is 2. The highest BCUT2D eigenvalue weighted by atomic mass is 32.1. The lowest BCUT2D eigenvalue weighted by molar-refractivity contribution is 0.0369. The van der Waals surface area contributed by atoms with Crippen LogP contribution in [0.5, 0.6) is 5.75 Å². The number of hydrogen-bond acceptors (Lipinski definition) is 7. The van der Waals surface area contributed by atoms with E-state index in [1.54, 1.807) is 24.1 Å². The SMILES string of the molecule is COc1cccc(C(=O)N2CCc3c(sc4ncn(CCCN5CCOCC5)c(=O)c34)C2)c1. The van der Waals surface area contributed by atoms with Crippen LogP contribution in [0.4, 0.5) is 0 Å². The Bertz CT molecular complexity index is 1210. The van der Waals surface area contributed by atoms with Crippen LogP contribution in [-0.2, 0) is 24.2 Å². The van der Waals surface area contributed by atoms with Gasteiger partial charge >= 0.3 is 0 Å². The molecule has 1 saturated heterocycles. The van der Waals surface area contributed by atoms with Crippen molar-refractivity contribution in [3.8, 4) is 5.75 Å². The molecule has 4 heterocycles. The van der Waals surface area contributed by atoms with Gasteiger partial charge in [-0.15, -0.1) is 11.3 Å². The molecule has 0 saturated carbocycles. The lowest BCUT2D eigenvalue weighted by Crippen LogP contribution is -2.37. The van der Waals surface area contributed by atoms with Crippen molar-refractivity contribution in [2.45, 2.75) is 25.9 Å². The van der Waals surface area contributed by atoms with Gasteiger partial charge in [-0.05, 0) is 36.6 Å². The van der Waals surface area contributed by atoms with Gasteiger partial charge in [0.2, 0.25) is 0 Å². The highest BCUT2D eigenvalue weighted by molar-refractivity contribution is 7.18. The molecule has 0 unspecified atom stereocenters. The van der Waals surface area contributed by atoms with Crippen LogP contribution in [0.15, 0.2) is 35.4 Å². The van der Waals surface area contributed by atoms with Crippen LogP contribution < -0.4 is 10.3 Å². The van der Waals surface area contributed by atoms with Crippen molar-refractivity contribution in [1.29, 1.82) is 0 Å². The molecule has 0 bridgehead atoms. The number of hydrogen-bond donors (Lipinski definition) is 0. The maximum atomic E-state index is 13.3. The van der Waals surface area contributed by atoms with E-state index in [1.165, 1.54) is 11.3 Å². The molecule has 0 aliphatic carbocycles. The minimum Gasteiger partial charge on any atom is -0.497 e. The first-order valence-corrected chi connectivity index (χ1v) is 12.2. The Balaban J connectivity index is 1.32. The van der Waals surface area contributed by atoms with E-state index >= 15 is 0 Å². The highest BCUT2D eigenvalue weighted by Gasteiger charge is 2.27. The first-order chi connectivity index (χ1) is 16.1. The fraction of sp³-hybridized carbons (Fsp3) is 0.458. The fourth-order valence-corrected chi connectivity index (χ4v) is 5.77. The first kappa shape index (κ1) is 22.1. The number of carbonyl (C=O) groups excluding carboxylic acids is 1. The molecule has 2 aromatic heterocycles. The van der Waals surface area contributed by atoms with Gasteiger partial charge in [-0.3, -0.25) is 19.1 Å². The molecular weight excluding hydrogens is 440 g/mol. The molecule has 8 nitrogen and oxygen atoms in total. The third-order valence-corrected chi connectivity index (χ3v) is 7.53. The summed E-state index contributed by atoms with van der Waals surface area (Å²) in [5.41, 5.74) is 1.71. The van der Waals surface area contributed by atoms with E-state index in [9.17, 15) is 9.59 Å². The van der Waals surface area contributed by atoms with Gasteiger partial charge in [0.05, 0.1) is 38.6 Å². The van der Waals surface area contributed by atoms with E-state index in [0.29, 0.717) is 37.4 Å². The second-order valence-corrected chi connectivity index (χ2v) is 9.53. The Kier molecular flexibility index (Phi) is 6.43. The van der Waals surface area contributed by atoms with Crippen molar-refractivity contribution in [1.82, 2.24) is 19.4 Å². The summed E-state index contributed by atoms with van der Waals surface area (Å²) in [4.78, 5) is 36.9. The zero-order valence-corrected chi connectivity index (χ0v) is 19.6. The molecule has 174 valence electrons. The molecule has 1 amide bonds. The van der Waals surface area contributed by atoms with Crippen molar-refractivity contribution in [3.05, 3.63) is 57.0 Å². The van der Waals surface area contributed by atoms with Gasteiger partial charge in [0, 0.05) is 43.2 Å². The van der Waals surface area contributed by atoms with Crippen molar-refractivity contribution in [2.75, 3.05) is 46.5 Å². The lowest BCUT2D eigenvalue weighted by atomic mass is 10.0. The van der Waals surface area contributed by atoms with Crippen LogP contribution >= 0.6 is 11.3 Å². The van der Waals surface area contributed by atoms with E-state index in [0.717, 1.165) is 59.9 Å². The maximum absolute atomic E-state index is 13.3. The predicted octanol–water partition coefficient (Wildman–Crippen LogP) is 2.39. The first-order valence-electron chi connectivity index (χ1n) is 11.4. The summed E-state index contributed by atoms with van der Waals surface area (Å²) in [6.45, 7) is 6.17. The standard InChI is InChI=1S/C24H28N4O4S/c1-31-18-5-2-4-17(14-18)23(29)27-9-6-19-20(15-27)33-22-21(19)24(30)28(16-25-22)8-3-7-26-10-12-32-13-11-26/h2,4-5,14,16H,3,6-13,15H2,1H3. The molecule has 1 aromatic carbocycles. The second-order valence-electron chi connectivity index (χ2n) is 8.44. The van der Waals surface area contributed by atoms with E-state index < -0.39 is 0 Å². The van der Waals surface area contributed by atoms with Crippen LogP contribution in [0.25, 0.3) is 10.2 Å². The number of fused-ring (bicyclic) bond motifs is 3. The van der Waals surface area contributed by atoms with Gasteiger partial charge in [-0.1, -0.05) is 6.07 Å². The van der Waals surface area contributed by atoms with E-state index in [4.69, 9.17) is 9.47 Å². The van der Waals surface area contributed by atoms with Crippen LogP contribution in [0.3, 0.4) is 0 Å². The number of methoxy groups -OCH3 is 1. The summed E-state index contributed by atoms with van der Waals surface area (Å²) < 4.78 is 12.4. The quantitative estimate of drug-likeness (QED) is 0.553. The number of rotatable bonds is 6. The van der Waals surface area contributed by atoms with Crippen LogP contribution in [-0.4, -0.2) is 71.8 Å². The lowest BCUT2D eigenvalue weighted by Gasteiger charge is -2.27. The zero-order valence-electron chi connectivity index (χ0n) is 18.8. The smallest absolute Gasteiger partial charge is 0.262 e. The minimum atomic E-state index is -0.0227. The fourth-order valence-electron chi connectivity index (χ4n) is 4.58. The molecule has 0 N–H and O–H groups in total. The number of nitrogens with zero attached hydrogens (tertiary/aromatic N) is 4. The van der Waals surface area contributed by atoms with Gasteiger partial charge < -0.3 is 14.4 Å². The van der Waals surface area contributed by atoms with E-state index in [2.05, 4.69) is 9.88 Å². The van der Waals surface area contributed by atoms with E-state index in [-0.39, 0.29) is 11.5 Å². The molecular formula is C24H28N4O4S. The number of ether oxygens (including phenoxy) is 2. The summed E-state index contributed by atoms with van der Waals surface area (Å²) in [6, 6.07) is 7.23.